The molecule has 2 bridgehead atoms. The number of halogens is 3. The van der Waals surface area contributed by atoms with E-state index in [0.717, 1.165) is 11.3 Å². The largest absolute Gasteiger partial charge is 0.408 e. The fraction of sp³-hybridized carbons (Fsp3) is 0.800. The van der Waals surface area contributed by atoms with Crippen LogP contribution in [-0.2, 0) is 16.0 Å². The Labute approximate surface area is 177 Å². The Balaban J connectivity index is 1.49. The first kappa shape index (κ1) is 21.0. The van der Waals surface area contributed by atoms with Crippen LogP contribution in [0.1, 0.15) is 25.7 Å². The van der Waals surface area contributed by atoms with Crippen LogP contribution in [0.5, 0.6) is 0 Å². The summed E-state index contributed by atoms with van der Waals surface area (Å²) in [6.45, 7) is 1.81. The standard InChI is InChI=1S/C20H27F3N4O4/c21-20(22,23)16-1-4-25-18(29)8-17(26-9-14-7-13(26)11-31-14)24-19(25)27(16)10-15(28)12-2-5-30-6-3-12/h8,12-16,28H,1-7,9-11H2/t13-,14-,15?,16-/m0/s1. The van der Waals surface area contributed by atoms with Gasteiger partial charge in [0.05, 0.1) is 24.9 Å². The number of hydrogen-bond acceptors (Lipinski definition) is 7. The van der Waals surface area contributed by atoms with E-state index in [4.69, 9.17) is 9.47 Å². The van der Waals surface area contributed by atoms with Crippen molar-refractivity contribution < 1.29 is 27.8 Å². The Hall–Kier alpha value is -1.85. The van der Waals surface area contributed by atoms with Gasteiger partial charge in [-0.25, -0.2) is 0 Å². The van der Waals surface area contributed by atoms with Crippen LogP contribution in [0.15, 0.2) is 10.9 Å². The Morgan fingerprint density at radius 1 is 1.26 bits per heavy atom. The summed E-state index contributed by atoms with van der Waals surface area (Å²) in [5.74, 6) is 0.241. The second-order valence-corrected chi connectivity index (χ2v) is 8.92. The lowest BCUT2D eigenvalue weighted by Gasteiger charge is -2.41. The molecular weight excluding hydrogens is 417 g/mol. The van der Waals surface area contributed by atoms with Gasteiger partial charge >= 0.3 is 6.18 Å². The molecule has 4 atom stereocenters. The highest BCUT2D eigenvalue weighted by Crippen LogP contribution is 2.37. The molecule has 5 heterocycles. The zero-order chi connectivity index (χ0) is 21.8. The molecule has 31 heavy (non-hydrogen) atoms. The van der Waals surface area contributed by atoms with Gasteiger partial charge < -0.3 is 24.4 Å². The predicted octanol–water partition coefficient (Wildman–Crippen LogP) is 1.15. The molecular formula is C20H27F3N4O4. The first-order valence-electron chi connectivity index (χ1n) is 10.9. The number of aliphatic hydroxyl groups excluding tert-OH is 1. The summed E-state index contributed by atoms with van der Waals surface area (Å²) in [6.07, 6.45) is -3.60. The van der Waals surface area contributed by atoms with Gasteiger partial charge in [0, 0.05) is 38.9 Å². The quantitative estimate of drug-likeness (QED) is 0.746. The molecule has 5 rings (SSSR count). The molecule has 0 saturated carbocycles. The number of aliphatic hydroxyl groups is 1. The van der Waals surface area contributed by atoms with E-state index >= 15 is 0 Å². The van der Waals surface area contributed by atoms with Crippen LogP contribution in [0.2, 0.25) is 0 Å². The molecule has 8 nitrogen and oxygen atoms in total. The van der Waals surface area contributed by atoms with E-state index in [-0.39, 0.29) is 49.1 Å². The first-order valence-corrected chi connectivity index (χ1v) is 10.9. The number of ether oxygens (including phenoxy) is 2. The Morgan fingerprint density at radius 2 is 2.03 bits per heavy atom. The lowest BCUT2D eigenvalue weighted by molar-refractivity contribution is -0.153. The maximum absolute atomic E-state index is 13.9. The van der Waals surface area contributed by atoms with E-state index in [1.165, 1.54) is 10.6 Å². The van der Waals surface area contributed by atoms with Crippen LogP contribution in [0.25, 0.3) is 0 Å². The maximum Gasteiger partial charge on any atom is 0.408 e. The van der Waals surface area contributed by atoms with Gasteiger partial charge in [-0.05, 0) is 31.6 Å². The van der Waals surface area contributed by atoms with E-state index in [1.807, 2.05) is 4.90 Å². The summed E-state index contributed by atoms with van der Waals surface area (Å²) < 4.78 is 53.9. The highest BCUT2D eigenvalue weighted by Gasteiger charge is 2.48. The molecule has 1 aromatic heterocycles. The minimum atomic E-state index is -4.49. The average molecular weight is 444 g/mol. The van der Waals surface area contributed by atoms with E-state index in [2.05, 4.69) is 4.98 Å². The molecule has 4 aliphatic rings. The van der Waals surface area contributed by atoms with Crippen LogP contribution in [-0.4, -0.2) is 78.0 Å². The molecule has 0 spiro atoms. The molecule has 172 valence electrons. The number of fused-ring (bicyclic) bond motifs is 3. The van der Waals surface area contributed by atoms with Gasteiger partial charge in [0.25, 0.3) is 5.56 Å². The number of β-amino-alcohol motifs (C(OH)–C–C–N with tert-alkyl or cyclic N) is 1. The topological polar surface area (TPSA) is 80.1 Å². The predicted molar refractivity (Wildman–Crippen MR) is 105 cm³/mol. The summed E-state index contributed by atoms with van der Waals surface area (Å²) in [4.78, 5) is 20.4. The number of anilines is 2. The summed E-state index contributed by atoms with van der Waals surface area (Å²) in [5, 5.41) is 10.8. The van der Waals surface area contributed by atoms with Crippen molar-refractivity contribution in [1.29, 1.82) is 0 Å². The van der Waals surface area contributed by atoms with Crippen LogP contribution < -0.4 is 15.4 Å². The smallest absolute Gasteiger partial charge is 0.391 e. The van der Waals surface area contributed by atoms with E-state index in [9.17, 15) is 23.1 Å². The summed E-state index contributed by atoms with van der Waals surface area (Å²) >= 11 is 0. The molecule has 0 aliphatic carbocycles. The maximum atomic E-state index is 13.9. The van der Waals surface area contributed by atoms with Gasteiger partial charge in [-0.15, -0.1) is 0 Å². The van der Waals surface area contributed by atoms with Crippen molar-refractivity contribution in [3.05, 3.63) is 16.4 Å². The molecule has 0 aromatic carbocycles. The summed E-state index contributed by atoms with van der Waals surface area (Å²) in [5.41, 5.74) is -0.366. The minimum Gasteiger partial charge on any atom is -0.391 e. The second-order valence-electron chi connectivity index (χ2n) is 8.92. The number of aromatic nitrogens is 2. The third kappa shape index (κ3) is 3.91. The third-order valence-electron chi connectivity index (χ3n) is 7.00. The van der Waals surface area contributed by atoms with Crippen molar-refractivity contribution >= 4 is 11.8 Å². The van der Waals surface area contributed by atoms with Gasteiger partial charge in [-0.1, -0.05) is 0 Å². The molecule has 11 heteroatoms. The Kier molecular flexibility index (Phi) is 5.38. The summed E-state index contributed by atoms with van der Waals surface area (Å²) in [7, 11) is 0. The lowest BCUT2D eigenvalue weighted by atomic mass is 9.93. The van der Waals surface area contributed by atoms with Crippen LogP contribution in [0.4, 0.5) is 24.9 Å². The Morgan fingerprint density at radius 3 is 2.68 bits per heavy atom. The molecule has 4 aliphatic heterocycles. The van der Waals surface area contributed by atoms with E-state index in [0.29, 0.717) is 45.0 Å². The molecule has 0 radical (unpaired) electrons. The number of morpholine rings is 1. The summed E-state index contributed by atoms with van der Waals surface area (Å²) in [6, 6.07) is -0.295. The van der Waals surface area contributed by atoms with Crippen LogP contribution in [0, 0.1) is 5.92 Å². The van der Waals surface area contributed by atoms with Crippen molar-refractivity contribution in [2.45, 2.75) is 62.7 Å². The van der Waals surface area contributed by atoms with Crippen molar-refractivity contribution in [3.63, 3.8) is 0 Å². The van der Waals surface area contributed by atoms with Gasteiger partial charge in [0.2, 0.25) is 5.95 Å². The lowest BCUT2D eigenvalue weighted by Crippen LogP contribution is -2.55. The zero-order valence-electron chi connectivity index (χ0n) is 17.1. The minimum absolute atomic E-state index is 0.00845. The third-order valence-corrected chi connectivity index (χ3v) is 7.00. The Bertz CT molecular complexity index is 873. The van der Waals surface area contributed by atoms with Gasteiger partial charge in [0.1, 0.15) is 11.9 Å². The molecule has 1 aromatic rings. The van der Waals surface area contributed by atoms with Crippen LogP contribution >= 0.6 is 0 Å². The highest BCUT2D eigenvalue weighted by atomic mass is 19.4. The molecule has 3 fully saturated rings. The molecule has 1 N–H and O–H groups in total. The van der Waals surface area contributed by atoms with Gasteiger partial charge in [-0.2, -0.15) is 18.2 Å². The fourth-order valence-electron chi connectivity index (χ4n) is 5.29. The van der Waals surface area contributed by atoms with Gasteiger partial charge in [0.15, 0.2) is 0 Å². The monoisotopic (exact) mass is 444 g/mol. The number of hydrogen-bond donors (Lipinski definition) is 1. The van der Waals surface area contributed by atoms with Crippen molar-refractivity contribution in [2.75, 3.05) is 42.7 Å². The van der Waals surface area contributed by atoms with Gasteiger partial charge in [-0.3, -0.25) is 9.36 Å². The second kappa shape index (κ2) is 7.93. The van der Waals surface area contributed by atoms with E-state index < -0.39 is 18.3 Å². The molecule has 0 amide bonds. The van der Waals surface area contributed by atoms with Crippen LogP contribution in [0.3, 0.4) is 0 Å². The number of rotatable bonds is 4. The number of nitrogens with zero attached hydrogens (tertiary/aromatic N) is 4. The average Bonchev–Trinajstić information content (AvgIpc) is 3.37. The van der Waals surface area contributed by atoms with E-state index in [1.54, 1.807) is 0 Å². The van der Waals surface area contributed by atoms with Crippen molar-refractivity contribution in [1.82, 2.24) is 9.55 Å². The highest BCUT2D eigenvalue weighted by molar-refractivity contribution is 5.49. The first-order chi connectivity index (χ1) is 14.8. The SMILES string of the molecule is O=c1cc(N2C[C@@H]3C[C@H]2CO3)nc2n1CC[C@@H](C(F)(F)F)N2CC(O)C1CCOCC1. The fourth-order valence-corrected chi connectivity index (χ4v) is 5.29. The molecule has 3 saturated heterocycles. The van der Waals surface area contributed by atoms with Crippen molar-refractivity contribution in [3.8, 4) is 0 Å². The number of alkyl halides is 3. The van der Waals surface area contributed by atoms with Crippen molar-refractivity contribution in [2.24, 2.45) is 5.92 Å². The normalized spacial score (nSPS) is 30.0. The molecule has 1 unspecified atom stereocenters. The zero-order valence-corrected chi connectivity index (χ0v) is 17.1.